The summed E-state index contributed by atoms with van der Waals surface area (Å²) in [6.07, 6.45) is -0.374. The van der Waals surface area contributed by atoms with Crippen molar-refractivity contribution in [2.45, 2.75) is 32.9 Å². The van der Waals surface area contributed by atoms with Crippen LogP contribution in [0.3, 0.4) is 0 Å². The molecule has 1 N–H and O–H groups in total. The van der Waals surface area contributed by atoms with Crippen molar-refractivity contribution in [1.29, 1.82) is 0 Å². The van der Waals surface area contributed by atoms with Crippen LogP contribution in [0.25, 0.3) is 10.9 Å². The molecule has 3 rings (SSSR count). The molecule has 1 aromatic heterocycles. The summed E-state index contributed by atoms with van der Waals surface area (Å²) in [5.41, 5.74) is 2.51. The molecule has 0 aliphatic carbocycles. The van der Waals surface area contributed by atoms with Gasteiger partial charge in [-0.1, -0.05) is 42.5 Å². The van der Waals surface area contributed by atoms with Crippen LogP contribution in [0.1, 0.15) is 42.4 Å². The van der Waals surface area contributed by atoms with Gasteiger partial charge in [0.1, 0.15) is 5.60 Å². The average molecular weight is 364 g/mol. The van der Waals surface area contributed by atoms with E-state index in [1.165, 1.54) is 4.90 Å². The van der Waals surface area contributed by atoms with Gasteiger partial charge in [0.2, 0.25) is 5.78 Å². The third-order valence-corrected chi connectivity index (χ3v) is 4.12. The van der Waals surface area contributed by atoms with E-state index in [1.807, 2.05) is 63.2 Å². The second kappa shape index (κ2) is 7.27. The number of ether oxygens (including phenoxy) is 1. The second-order valence-electron chi connectivity index (χ2n) is 7.63. The molecule has 1 heterocycles. The summed E-state index contributed by atoms with van der Waals surface area (Å²) >= 11 is 0. The van der Waals surface area contributed by atoms with Crippen LogP contribution in [-0.4, -0.2) is 34.4 Å². The van der Waals surface area contributed by atoms with Gasteiger partial charge in [0.15, 0.2) is 0 Å². The number of para-hydroxylation sites is 1. The van der Waals surface area contributed by atoms with E-state index in [4.69, 9.17) is 4.74 Å². The lowest BCUT2D eigenvalue weighted by atomic mass is 10.1. The molecule has 3 aromatic rings. The van der Waals surface area contributed by atoms with Gasteiger partial charge in [0.25, 0.3) is 0 Å². The van der Waals surface area contributed by atoms with Gasteiger partial charge in [-0.15, -0.1) is 0 Å². The van der Waals surface area contributed by atoms with Crippen LogP contribution in [0.5, 0.6) is 0 Å². The van der Waals surface area contributed by atoms with E-state index in [-0.39, 0.29) is 11.9 Å². The van der Waals surface area contributed by atoms with Crippen molar-refractivity contribution in [3.8, 4) is 0 Å². The maximum atomic E-state index is 12.7. The number of H-pyrrole nitrogens is 1. The molecule has 5 nitrogen and oxygen atoms in total. The number of ketones is 1. The molecule has 2 aromatic carbocycles. The normalized spacial score (nSPS) is 11.4. The summed E-state index contributed by atoms with van der Waals surface area (Å²) in [5, 5.41) is 1.01. The van der Waals surface area contributed by atoms with E-state index in [1.54, 1.807) is 19.2 Å². The molecule has 5 heteroatoms. The highest BCUT2D eigenvalue weighted by atomic mass is 16.6. The third-order valence-electron chi connectivity index (χ3n) is 4.12. The van der Waals surface area contributed by atoms with E-state index in [9.17, 15) is 9.59 Å². The van der Waals surface area contributed by atoms with E-state index >= 15 is 0 Å². The molecule has 0 radical (unpaired) electrons. The summed E-state index contributed by atoms with van der Waals surface area (Å²) in [7, 11) is 1.69. The van der Waals surface area contributed by atoms with Crippen molar-refractivity contribution in [2.75, 3.05) is 7.05 Å². The molecule has 140 valence electrons. The number of nitrogens with zero attached hydrogens (tertiary/aromatic N) is 1. The number of fused-ring (bicyclic) bond motifs is 1. The number of amides is 1. The first-order chi connectivity index (χ1) is 12.7. The van der Waals surface area contributed by atoms with Crippen LogP contribution in [0, 0.1) is 0 Å². The number of benzene rings is 2. The quantitative estimate of drug-likeness (QED) is 0.679. The molecule has 0 atom stereocenters. The minimum absolute atomic E-state index is 0.0572. The van der Waals surface area contributed by atoms with Crippen molar-refractivity contribution in [2.24, 2.45) is 0 Å². The summed E-state index contributed by atoms with van der Waals surface area (Å²) in [4.78, 5) is 29.4. The number of carbonyl (C=O) groups is 2. The predicted molar refractivity (Wildman–Crippen MR) is 106 cm³/mol. The smallest absolute Gasteiger partial charge is 0.410 e. The van der Waals surface area contributed by atoms with Gasteiger partial charge in [-0.05, 0) is 38.5 Å². The molecule has 0 aliphatic rings. The van der Waals surface area contributed by atoms with Crippen LogP contribution < -0.4 is 0 Å². The monoisotopic (exact) mass is 364 g/mol. The van der Waals surface area contributed by atoms with Crippen LogP contribution in [0.2, 0.25) is 0 Å². The lowest BCUT2D eigenvalue weighted by Gasteiger charge is -2.24. The highest BCUT2D eigenvalue weighted by molar-refractivity contribution is 6.10. The van der Waals surface area contributed by atoms with Gasteiger partial charge >= 0.3 is 6.09 Å². The molecular weight excluding hydrogens is 340 g/mol. The van der Waals surface area contributed by atoms with Gasteiger partial charge in [-0.3, -0.25) is 4.79 Å². The lowest BCUT2D eigenvalue weighted by Crippen LogP contribution is -2.33. The van der Waals surface area contributed by atoms with Crippen LogP contribution >= 0.6 is 0 Å². The summed E-state index contributed by atoms with van der Waals surface area (Å²) < 4.78 is 5.35. The minimum Gasteiger partial charge on any atom is -0.444 e. The van der Waals surface area contributed by atoms with Gasteiger partial charge < -0.3 is 14.6 Å². The van der Waals surface area contributed by atoms with Gasteiger partial charge in [-0.2, -0.15) is 0 Å². The first-order valence-corrected chi connectivity index (χ1v) is 8.88. The molecule has 0 saturated heterocycles. The Hall–Kier alpha value is -3.08. The Labute approximate surface area is 158 Å². The van der Waals surface area contributed by atoms with E-state index in [0.29, 0.717) is 17.8 Å². The highest BCUT2D eigenvalue weighted by Crippen LogP contribution is 2.18. The van der Waals surface area contributed by atoms with Gasteiger partial charge in [-0.25, -0.2) is 4.79 Å². The zero-order valence-corrected chi connectivity index (χ0v) is 16.1. The fourth-order valence-corrected chi connectivity index (χ4v) is 2.79. The van der Waals surface area contributed by atoms with Gasteiger partial charge in [0, 0.05) is 30.1 Å². The van der Waals surface area contributed by atoms with Crippen LogP contribution in [0.4, 0.5) is 4.79 Å². The Kier molecular flexibility index (Phi) is 5.04. The first kappa shape index (κ1) is 18.7. The number of hydrogen-bond donors (Lipinski definition) is 1. The highest BCUT2D eigenvalue weighted by Gasteiger charge is 2.19. The predicted octanol–water partition coefficient (Wildman–Crippen LogP) is 4.77. The average Bonchev–Trinajstić information content (AvgIpc) is 3.04. The van der Waals surface area contributed by atoms with E-state index in [2.05, 4.69) is 4.98 Å². The van der Waals surface area contributed by atoms with Gasteiger partial charge in [0.05, 0.1) is 5.69 Å². The third kappa shape index (κ3) is 4.56. The summed E-state index contributed by atoms with van der Waals surface area (Å²) in [5.74, 6) is -0.0572. The number of aromatic amines is 1. The molecule has 0 unspecified atom stereocenters. The standard InChI is InChI=1S/C22H24N2O3/c1-22(2,3)27-21(26)24(4)14-15-9-11-16(12-10-15)20(25)19-13-17-7-5-6-8-18(17)23-19/h5-13,23H,14H2,1-4H3. The summed E-state index contributed by atoms with van der Waals surface area (Å²) in [6.45, 7) is 5.92. The maximum absolute atomic E-state index is 12.7. The zero-order chi connectivity index (χ0) is 19.6. The van der Waals surface area contributed by atoms with Crippen molar-refractivity contribution in [1.82, 2.24) is 9.88 Å². The maximum Gasteiger partial charge on any atom is 0.410 e. The molecule has 1 amide bonds. The topological polar surface area (TPSA) is 62.4 Å². The van der Waals surface area contributed by atoms with E-state index < -0.39 is 5.60 Å². The van der Waals surface area contributed by atoms with Crippen molar-refractivity contribution >= 4 is 22.8 Å². The number of rotatable bonds is 4. The lowest BCUT2D eigenvalue weighted by molar-refractivity contribution is 0.0285. The molecule has 0 spiro atoms. The Morgan fingerprint density at radius 3 is 2.33 bits per heavy atom. The Morgan fingerprint density at radius 2 is 1.70 bits per heavy atom. The first-order valence-electron chi connectivity index (χ1n) is 8.88. The van der Waals surface area contributed by atoms with Crippen molar-refractivity contribution in [3.05, 3.63) is 71.4 Å². The molecule has 0 fully saturated rings. The largest absolute Gasteiger partial charge is 0.444 e. The summed E-state index contributed by atoms with van der Waals surface area (Å²) in [6, 6.07) is 16.9. The molecular formula is C22H24N2O3. The number of carbonyl (C=O) groups excluding carboxylic acids is 2. The number of aromatic nitrogens is 1. The Balaban J connectivity index is 1.69. The molecule has 0 bridgehead atoms. The Bertz CT molecular complexity index is 932. The minimum atomic E-state index is -0.527. The molecule has 27 heavy (non-hydrogen) atoms. The van der Waals surface area contributed by atoms with Crippen molar-refractivity contribution < 1.29 is 14.3 Å². The zero-order valence-electron chi connectivity index (χ0n) is 16.1. The van der Waals surface area contributed by atoms with Crippen LogP contribution in [-0.2, 0) is 11.3 Å². The molecule has 0 aliphatic heterocycles. The van der Waals surface area contributed by atoms with Crippen LogP contribution in [0.15, 0.2) is 54.6 Å². The number of nitrogens with one attached hydrogen (secondary N) is 1. The second-order valence-corrected chi connectivity index (χ2v) is 7.63. The number of hydrogen-bond acceptors (Lipinski definition) is 3. The van der Waals surface area contributed by atoms with Crippen molar-refractivity contribution in [3.63, 3.8) is 0 Å². The fraction of sp³-hybridized carbons (Fsp3) is 0.273. The molecule has 0 saturated carbocycles. The Morgan fingerprint density at radius 1 is 1.04 bits per heavy atom. The fourth-order valence-electron chi connectivity index (χ4n) is 2.79. The SMILES string of the molecule is CN(Cc1ccc(C(=O)c2cc3ccccc3[nH]2)cc1)C(=O)OC(C)(C)C. The van der Waals surface area contributed by atoms with E-state index in [0.717, 1.165) is 16.5 Å².